The van der Waals surface area contributed by atoms with Crippen molar-refractivity contribution in [2.45, 2.75) is 4.43 Å². The molecule has 8 heteroatoms. The van der Waals surface area contributed by atoms with Crippen LogP contribution in [0.1, 0.15) is 5.56 Å². The molecule has 3 aromatic rings. The Hall–Kier alpha value is -3.01. The highest BCUT2D eigenvalue weighted by atomic mass is 127. The zero-order chi connectivity index (χ0) is 19.9. The Morgan fingerprint density at radius 2 is 1.71 bits per heavy atom. The van der Waals surface area contributed by atoms with Crippen LogP contribution in [0.25, 0.3) is 0 Å². The van der Waals surface area contributed by atoms with Gasteiger partial charge in [0.1, 0.15) is 23.8 Å². The van der Waals surface area contributed by atoms with Gasteiger partial charge in [-0.05, 0) is 48.0 Å². The number of hydrogen-bond acceptors (Lipinski definition) is 5. The molecule has 0 saturated heterocycles. The molecule has 0 aliphatic carbocycles. The number of nitrogens with zero attached hydrogens (tertiary/aromatic N) is 2. The molecule has 0 radical (unpaired) electrons. The number of alkyl halides is 1. The molecule has 1 amide bonds. The van der Waals surface area contributed by atoms with Crippen molar-refractivity contribution in [3.63, 3.8) is 0 Å². The molecule has 1 aromatic heterocycles. The molecule has 2 aromatic carbocycles. The Kier molecular flexibility index (Phi) is 6.53. The number of carbonyl (C=O) groups is 1. The maximum Gasteiger partial charge on any atom is 0.247 e. The van der Waals surface area contributed by atoms with Gasteiger partial charge in [0, 0.05) is 27.6 Å². The molecule has 1 heterocycles. The largest absolute Gasteiger partial charge is 0.340 e. The van der Waals surface area contributed by atoms with Crippen molar-refractivity contribution in [1.82, 2.24) is 9.97 Å². The lowest BCUT2D eigenvalue weighted by Gasteiger charge is -2.11. The normalized spacial score (nSPS) is 10.2. The van der Waals surface area contributed by atoms with Crippen LogP contribution >= 0.6 is 22.6 Å². The van der Waals surface area contributed by atoms with E-state index in [0.717, 1.165) is 11.4 Å². The summed E-state index contributed by atoms with van der Waals surface area (Å²) < 4.78 is 14.2. The molecule has 3 rings (SSSR count). The molecule has 0 spiro atoms. The highest BCUT2D eigenvalue weighted by Crippen LogP contribution is 2.23. The fourth-order valence-corrected chi connectivity index (χ4v) is 3.00. The lowest BCUT2D eigenvalue weighted by atomic mass is 10.2. The molecule has 0 unspecified atom stereocenters. The van der Waals surface area contributed by atoms with Gasteiger partial charge in [0.15, 0.2) is 0 Å². The Labute approximate surface area is 175 Å². The highest BCUT2D eigenvalue weighted by Gasteiger charge is 2.05. The van der Waals surface area contributed by atoms with Gasteiger partial charge in [0.2, 0.25) is 5.91 Å². The van der Waals surface area contributed by atoms with E-state index in [1.165, 1.54) is 18.5 Å². The van der Waals surface area contributed by atoms with Gasteiger partial charge >= 0.3 is 0 Å². The monoisotopic (exact) mass is 489 g/mol. The van der Waals surface area contributed by atoms with Crippen LogP contribution in [0.2, 0.25) is 0 Å². The predicted octanol–water partition coefficient (Wildman–Crippen LogP) is 5.16. The number of benzene rings is 2. The summed E-state index contributed by atoms with van der Waals surface area (Å²) in [5.41, 5.74) is 2.75. The van der Waals surface area contributed by atoms with Crippen LogP contribution in [0, 0.1) is 5.82 Å². The summed E-state index contributed by atoms with van der Waals surface area (Å²) in [5, 5.41) is 9.02. The Balaban J connectivity index is 1.74. The standard InChI is InChI=1S/C20H17FIN5O/c1-2-20(28)27-15-5-3-4-14(9-15)25-18-10-19(24-12-23-18)26-16-6-7-17(21)13(8-16)11-22/h2-10,12H,1,11H2,(H,27,28)(H2,23,24,25,26). The van der Waals surface area contributed by atoms with E-state index in [2.05, 4.69) is 55.1 Å². The van der Waals surface area contributed by atoms with Gasteiger partial charge < -0.3 is 16.0 Å². The zero-order valence-corrected chi connectivity index (χ0v) is 16.9. The summed E-state index contributed by atoms with van der Waals surface area (Å²) in [5.74, 6) is 0.629. The molecular formula is C20H17FIN5O. The second-order valence-electron chi connectivity index (χ2n) is 5.75. The van der Waals surface area contributed by atoms with Crippen molar-refractivity contribution < 1.29 is 9.18 Å². The van der Waals surface area contributed by atoms with Gasteiger partial charge in [-0.3, -0.25) is 4.79 Å². The Bertz CT molecular complexity index is 1010. The van der Waals surface area contributed by atoms with E-state index >= 15 is 0 Å². The van der Waals surface area contributed by atoms with Crippen LogP contribution in [0.3, 0.4) is 0 Å². The van der Waals surface area contributed by atoms with E-state index in [0.29, 0.717) is 27.3 Å². The molecule has 0 aliphatic rings. The van der Waals surface area contributed by atoms with Crippen molar-refractivity contribution in [1.29, 1.82) is 0 Å². The number of hydrogen-bond donors (Lipinski definition) is 3. The fraction of sp³-hybridized carbons (Fsp3) is 0.0500. The van der Waals surface area contributed by atoms with Crippen LogP contribution in [0.5, 0.6) is 0 Å². The SMILES string of the molecule is C=CC(=O)Nc1cccc(Nc2cc(Nc3ccc(F)c(CI)c3)ncn2)c1. The molecule has 6 nitrogen and oxygen atoms in total. The first kappa shape index (κ1) is 19.7. The molecule has 0 saturated carbocycles. The number of aromatic nitrogens is 2. The van der Waals surface area contributed by atoms with E-state index in [9.17, 15) is 9.18 Å². The van der Waals surface area contributed by atoms with Crippen LogP contribution in [0.15, 0.2) is 67.5 Å². The van der Waals surface area contributed by atoms with Crippen molar-refractivity contribution in [2.75, 3.05) is 16.0 Å². The Morgan fingerprint density at radius 3 is 2.39 bits per heavy atom. The van der Waals surface area contributed by atoms with Crippen molar-refractivity contribution >= 4 is 57.2 Å². The number of nitrogens with one attached hydrogen (secondary N) is 3. The summed E-state index contributed by atoms with van der Waals surface area (Å²) in [7, 11) is 0. The van der Waals surface area contributed by atoms with Gasteiger partial charge in [-0.15, -0.1) is 0 Å². The summed E-state index contributed by atoms with van der Waals surface area (Å²) >= 11 is 2.12. The minimum absolute atomic E-state index is 0.228. The lowest BCUT2D eigenvalue weighted by molar-refractivity contribution is -0.111. The van der Waals surface area contributed by atoms with Crippen molar-refractivity contribution in [3.8, 4) is 0 Å². The van der Waals surface area contributed by atoms with E-state index in [-0.39, 0.29) is 11.7 Å². The topological polar surface area (TPSA) is 78.9 Å². The third-order valence-corrected chi connectivity index (χ3v) is 4.54. The molecule has 142 valence electrons. The second kappa shape index (κ2) is 9.27. The van der Waals surface area contributed by atoms with E-state index in [1.54, 1.807) is 30.3 Å². The van der Waals surface area contributed by atoms with Gasteiger partial charge in [-0.25, -0.2) is 14.4 Å². The van der Waals surface area contributed by atoms with Gasteiger partial charge in [0.05, 0.1) is 0 Å². The quantitative estimate of drug-likeness (QED) is 0.243. The van der Waals surface area contributed by atoms with Crippen molar-refractivity contribution in [3.05, 3.63) is 78.9 Å². The highest BCUT2D eigenvalue weighted by molar-refractivity contribution is 14.1. The van der Waals surface area contributed by atoms with Gasteiger partial charge in [-0.2, -0.15) is 0 Å². The van der Waals surface area contributed by atoms with Crippen LogP contribution < -0.4 is 16.0 Å². The van der Waals surface area contributed by atoms with Crippen LogP contribution in [-0.2, 0) is 9.22 Å². The third kappa shape index (κ3) is 5.26. The number of anilines is 5. The number of carbonyl (C=O) groups excluding carboxylic acids is 1. The van der Waals surface area contributed by atoms with E-state index in [1.807, 2.05) is 12.1 Å². The minimum atomic E-state index is -0.282. The minimum Gasteiger partial charge on any atom is -0.340 e. The van der Waals surface area contributed by atoms with E-state index in [4.69, 9.17) is 0 Å². The molecule has 3 N–H and O–H groups in total. The number of amides is 1. The predicted molar refractivity (Wildman–Crippen MR) is 118 cm³/mol. The molecule has 0 aliphatic heterocycles. The van der Waals surface area contributed by atoms with Crippen LogP contribution in [0.4, 0.5) is 33.1 Å². The first-order chi connectivity index (χ1) is 13.6. The first-order valence-corrected chi connectivity index (χ1v) is 9.84. The average Bonchev–Trinajstić information content (AvgIpc) is 2.70. The van der Waals surface area contributed by atoms with Crippen molar-refractivity contribution in [2.24, 2.45) is 0 Å². The molecule has 0 atom stereocenters. The molecular weight excluding hydrogens is 472 g/mol. The number of rotatable bonds is 7. The smallest absolute Gasteiger partial charge is 0.247 e. The second-order valence-corrected chi connectivity index (χ2v) is 6.52. The zero-order valence-electron chi connectivity index (χ0n) is 14.7. The number of halogens is 2. The van der Waals surface area contributed by atoms with Crippen LogP contribution in [-0.4, -0.2) is 15.9 Å². The third-order valence-electron chi connectivity index (χ3n) is 3.72. The lowest BCUT2D eigenvalue weighted by Crippen LogP contribution is -2.07. The van der Waals surface area contributed by atoms with E-state index < -0.39 is 0 Å². The maximum absolute atomic E-state index is 13.6. The summed E-state index contributed by atoms with van der Waals surface area (Å²) in [6, 6.07) is 13.8. The van der Waals surface area contributed by atoms with Gasteiger partial charge in [-0.1, -0.05) is 35.2 Å². The average molecular weight is 489 g/mol. The fourth-order valence-electron chi connectivity index (χ4n) is 2.41. The summed E-state index contributed by atoms with van der Waals surface area (Å²) in [6.07, 6.45) is 2.64. The first-order valence-electron chi connectivity index (χ1n) is 8.31. The summed E-state index contributed by atoms with van der Waals surface area (Å²) in [6.45, 7) is 3.43. The molecule has 28 heavy (non-hydrogen) atoms. The maximum atomic E-state index is 13.6. The molecule has 0 bridgehead atoms. The molecule has 0 fully saturated rings. The Morgan fingerprint density at radius 1 is 1.04 bits per heavy atom. The van der Waals surface area contributed by atoms with Gasteiger partial charge in [0.25, 0.3) is 0 Å². The summed E-state index contributed by atoms with van der Waals surface area (Å²) in [4.78, 5) is 19.8.